The zero-order chi connectivity index (χ0) is 30.5. The number of anilines is 3. The van der Waals surface area contributed by atoms with Gasteiger partial charge in [0.25, 0.3) is 0 Å². The summed E-state index contributed by atoms with van der Waals surface area (Å²) in [6.45, 7) is 0. The standard InChI is InChI=1S/C44H29NO/c1-4-13-30(14-5-1)36-28-26-35(29-40(36)31-15-6-2-7-16-31)45(34-18-8-3-9-19-34)41-22-12-21-38-39-27-25-33-24-23-32-17-10-11-20-37(32)42(33)44(39)46-43(38)41/h1-29H. The van der Waals surface area contributed by atoms with Crippen LogP contribution in [0, 0.1) is 0 Å². The van der Waals surface area contributed by atoms with Gasteiger partial charge in [-0.2, -0.15) is 0 Å². The molecule has 0 saturated heterocycles. The van der Waals surface area contributed by atoms with E-state index in [1.165, 1.54) is 38.4 Å². The van der Waals surface area contributed by atoms with Crippen LogP contribution in [0.15, 0.2) is 180 Å². The molecular weight excluding hydrogens is 558 g/mol. The average Bonchev–Trinajstić information content (AvgIpc) is 3.52. The topological polar surface area (TPSA) is 16.4 Å². The van der Waals surface area contributed by atoms with Crippen molar-refractivity contribution in [1.82, 2.24) is 0 Å². The molecule has 2 heteroatoms. The Morgan fingerprint density at radius 3 is 1.76 bits per heavy atom. The van der Waals surface area contributed by atoms with Crippen LogP contribution in [0.5, 0.6) is 0 Å². The summed E-state index contributed by atoms with van der Waals surface area (Å²) in [6.07, 6.45) is 0. The molecule has 1 aromatic heterocycles. The van der Waals surface area contributed by atoms with Crippen molar-refractivity contribution in [2.24, 2.45) is 0 Å². The van der Waals surface area contributed by atoms with Crippen LogP contribution in [-0.4, -0.2) is 0 Å². The monoisotopic (exact) mass is 587 g/mol. The van der Waals surface area contributed by atoms with Crippen LogP contribution in [0.25, 0.3) is 65.7 Å². The second kappa shape index (κ2) is 10.8. The number of nitrogens with zero attached hydrogens (tertiary/aromatic N) is 1. The molecule has 0 fully saturated rings. The Bertz CT molecular complexity index is 2510. The van der Waals surface area contributed by atoms with Gasteiger partial charge in [0.05, 0.1) is 5.69 Å². The van der Waals surface area contributed by atoms with Crippen LogP contribution in [-0.2, 0) is 0 Å². The van der Waals surface area contributed by atoms with E-state index in [2.05, 4.69) is 181 Å². The molecule has 2 nitrogen and oxygen atoms in total. The molecule has 8 aromatic carbocycles. The van der Waals surface area contributed by atoms with E-state index in [9.17, 15) is 0 Å². The number of para-hydroxylation sites is 2. The fourth-order valence-corrected chi connectivity index (χ4v) is 6.91. The third kappa shape index (κ3) is 4.27. The van der Waals surface area contributed by atoms with E-state index in [1.807, 2.05) is 0 Å². The fraction of sp³-hybridized carbons (Fsp3) is 0. The van der Waals surface area contributed by atoms with Crippen molar-refractivity contribution in [1.29, 1.82) is 0 Å². The highest BCUT2D eigenvalue weighted by atomic mass is 16.3. The van der Waals surface area contributed by atoms with Gasteiger partial charge in [-0.15, -0.1) is 0 Å². The summed E-state index contributed by atoms with van der Waals surface area (Å²) in [6, 6.07) is 62.5. The third-order valence-corrected chi connectivity index (χ3v) is 9.04. The number of rotatable bonds is 5. The molecule has 216 valence electrons. The van der Waals surface area contributed by atoms with Gasteiger partial charge in [0.2, 0.25) is 0 Å². The van der Waals surface area contributed by atoms with Crippen LogP contribution < -0.4 is 4.90 Å². The smallest absolute Gasteiger partial charge is 0.159 e. The average molecular weight is 588 g/mol. The quantitative estimate of drug-likeness (QED) is 0.186. The van der Waals surface area contributed by atoms with E-state index in [-0.39, 0.29) is 0 Å². The van der Waals surface area contributed by atoms with Crippen molar-refractivity contribution in [3.8, 4) is 22.3 Å². The SMILES string of the molecule is c1ccc(-c2ccc(N(c3ccccc3)c3cccc4c3oc3c4ccc4ccc5ccccc5c43)cc2-c2ccccc2)cc1. The van der Waals surface area contributed by atoms with Crippen LogP contribution in [0.4, 0.5) is 17.1 Å². The van der Waals surface area contributed by atoms with E-state index < -0.39 is 0 Å². The number of fused-ring (bicyclic) bond motifs is 7. The lowest BCUT2D eigenvalue weighted by molar-refractivity contribution is 0.673. The summed E-state index contributed by atoms with van der Waals surface area (Å²) in [7, 11) is 0. The van der Waals surface area contributed by atoms with E-state index in [1.54, 1.807) is 0 Å². The molecule has 0 spiro atoms. The minimum Gasteiger partial charge on any atom is -0.453 e. The van der Waals surface area contributed by atoms with Gasteiger partial charge in [0.15, 0.2) is 5.58 Å². The number of benzene rings is 8. The molecule has 0 unspecified atom stereocenters. The van der Waals surface area contributed by atoms with Gasteiger partial charge in [-0.3, -0.25) is 0 Å². The molecule has 0 bridgehead atoms. The van der Waals surface area contributed by atoms with E-state index in [0.29, 0.717) is 0 Å². The molecule has 0 N–H and O–H groups in total. The van der Waals surface area contributed by atoms with Crippen LogP contribution in [0.2, 0.25) is 0 Å². The highest BCUT2D eigenvalue weighted by molar-refractivity contribution is 6.24. The largest absolute Gasteiger partial charge is 0.453 e. The van der Waals surface area contributed by atoms with Gasteiger partial charge in [0, 0.05) is 27.5 Å². The number of furan rings is 1. The van der Waals surface area contributed by atoms with Gasteiger partial charge in [-0.05, 0) is 74.8 Å². The Kier molecular flexibility index (Phi) is 6.17. The molecule has 0 atom stereocenters. The first-order chi connectivity index (χ1) is 22.8. The minimum absolute atomic E-state index is 0.871. The Balaban J connectivity index is 1.32. The van der Waals surface area contributed by atoms with Gasteiger partial charge >= 0.3 is 0 Å². The first-order valence-corrected chi connectivity index (χ1v) is 15.7. The lowest BCUT2D eigenvalue weighted by Gasteiger charge is -2.26. The molecule has 9 aromatic rings. The Morgan fingerprint density at radius 1 is 0.370 bits per heavy atom. The molecule has 0 aliphatic rings. The summed E-state index contributed by atoms with van der Waals surface area (Å²) in [5.41, 5.74) is 9.67. The molecule has 0 aliphatic carbocycles. The molecule has 0 saturated carbocycles. The van der Waals surface area contributed by atoms with Gasteiger partial charge in [-0.25, -0.2) is 0 Å². The Labute approximate surface area is 267 Å². The van der Waals surface area contributed by atoms with E-state index >= 15 is 0 Å². The van der Waals surface area contributed by atoms with Crippen molar-refractivity contribution >= 4 is 60.5 Å². The number of hydrogen-bond donors (Lipinski definition) is 0. The molecule has 0 aliphatic heterocycles. The fourth-order valence-electron chi connectivity index (χ4n) is 6.91. The maximum atomic E-state index is 7.00. The minimum atomic E-state index is 0.871. The highest BCUT2D eigenvalue weighted by Crippen LogP contribution is 2.46. The van der Waals surface area contributed by atoms with Crippen molar-refractivity contribution in [2.45, 2.75) is 0 Å². The predicted molar refractivity (Wildman–Crippen MR) is 194 cm³/mol. The first kappa shape index (κ1) is 26.3. The van der Waals surface area contributed by atoms with Crippen LogP contribution in [0.1, 0.15) is 0 Å². The molecule has 1 heterocycles. The second-order valence-corrected chi connectivity index (χ2v) is 11.7. The Hall–Kier alpha value is -6.12. The Morgan fingerprint density at radius 2 is 0.978 bits per heavy atom. The lowest BCUT2D eigenvalue weighted by Crippen LogP contribution is -2.10. The summed E-state index contributed by atoms with van der Waals surface area (Å²) in [5.74, 6) is 0. The molecular formula is C44H29NO. The van der Waals surface area contributed by atoms with Gasteiger partial charge in [-0.1, -0.05) is 140 Å². The highest BCUT2D eigenvalue weighted by Gasteiger charge is 2.22. The summed E-state index contributed by atoms with van der Waals surface area (Å²) in [5, 5.41) is 6.97. The van der Waals surface area contributed by atoms with Crippen molar-refractivity contribution in [2.75, 3.05) is 4.90 Å². The van der Waals surface area contributed by atoms with E-state index in [0.717, 1.165) is 44.4 Å². The lowest BCUT2D eigenvalue weighted by atomic mass is 9.93. The predicted octanol–water partition coefficient (Wildman–Crippen LogP) is 12.7. The third-order valence-electron chi connectivity index (χ3n) is 9.04. The van der Waals surface area contributed by atoms with Crippen LogP contribution >= 0.6 is 0 Å². The molecule has 0 radical (unpaired) electrons. The normalized spacial score (nSPS) is 11.5. The van der Waals surface area contributed by atoms with Crippen molar-refractivity contribution < 1.29 is 4.42 Å². The van der Waals surface area contributed by atoms with Gasteiger partial charge < -0.3 is 9.32 Å². The molecule has 0 amide bonds. The van der Waals surface area contributed by atoms with Crippen molar-refractivity contribution in [3.05, 3.63) is 176 Å². The summed E-state index contributed by atoms with van der Waals surface area (Å²) < 4.78 is 7.00. The number of hydrogen-bond acceptors (Lipinski definition) is 2. The zero-order valence-corrected chi connectivity index (χ0v) is 25.1. The first-order valence-electron chi connectivity index (χ1n) is 15.7. The van der Waals surface area contributed by atoms with Crippen LogP contribution in [0.3, 0.4) is 0 Å². The molecule has 9 rings (SSSR count). The van der Waals surface area contributed by atoms with Crippen molar-refractivity contribution in [3.63, 3.8) is 0 Å². The summed E-state index contributed by atoms with van der Waals surface area (Å²) in [4.78, 5) is 2.33. The summed E-state index contributed by atoms with van der Waals surface area (Å²) >= 11 is 0. The molecule has 46 heavy (non-hydrogen) atoms. The second-order valence-electron chi connectivity index (χ2n) is 11.7. The maximum absolute atomic E-state index is 7.00. The van der Waals surface area contributed by atoms with E-state index in [4.69, 9.17) is 4.42 Å². The zero-order valence-electron chi connectivity index (χ0n) is 25.1. The van der Waals surface area contributed by atoms with Gasteiger partial charge in [0.1, 0.15) is 5.58 Å². The maximum Gasteiger partial charge on any atom is 0.159 e.